The molecule has 0 bridgehead atoms. The summed E-state index contributed by atoms with van der Waals surface area (Å²) >= 11 is 0. The minimum absolute atomic E-state index is 0.0125. The molecule has 0 fully saturated rings. The van der Waals surface area contributed by atoms with Crippen LogP contribution in [-0.4, -0.2) is 44.0 Å². The van der Waals surface area contributed by atoms with Gasteiger partial charge in [0.2, 0.25) is 5.91 Å². The van der Waals surface area contributed by atoms with Gasteiger partial charge in [-0.2, -0.15) is 0 Å². The van der Waals surface area contributed by atoms with Crippen LogP contribution in [0.25, 0.3) is 0 Å². The number of carbonyl (C=O) groups excluding carboxylic acids is 2. The summed E-state index contributed by atoms with van der Waals surface area (Å²) in [6.45, 7) is 4.94. The van der Waals surface area contributed by atoms with Crippen LogP contribution in [0, 0.1) is 11.8 Å². The summed E-state index contributed by atoms with van der Waals surface area (Å²) in [5.74, 6) is 0.564. The van der Waals surface area contributed by atoms with Crippen molar-refractivity contribution in [2.45, 2.75) is 33.1 Å². The molecule has 5 heteroatoms. The quantitative estimate of drug-likeness (QED) is 0.660. The molecule has 0 aromatic rings. The van der Waals surface area contributed by atoms with Crippen LogP contribution in [-0.2, 0) is 14.3 Å². The first-order chi connectivity index (χ1) is 8.42. The normalized spacial score (nSPS) is 12.3. The van der Waals surface area contributed by atoms with Crippen molar-refractivity contribution in [1.82, 2.24) is 4.90 Å². The summed E-state index contributed by atoms with van der Waals surface area (Å²) in [6.07, 6.45) is 2.21. The molecule has 0 aromatic carbocycles. The third-order valence-electron chi connectivity index (χ3n) is 3.23. The van der Waals surface area contributed by atoms with E-state index in [1.807, 2.05) is 0 Å². The predicted octanol–water partition coefficient (Wildman–Crippen LogP) is 1.02. The minimum Gasteiger partial charge on any atom is -0.468 e. The van der Waals surface area contributed by atoms with Gasteiger partial charge < -0.3 is 15.4 Å². The lowest BCUT2D eigenvalue weighted by molar-refractivity contribution is -0.146. The number of likely N-dealkylation sites (N-methyl/N-ethyl adjacent to an activating group) is 1. The number of carbonyl (C=O) groups is 2. The van der Waals surface area contributed by atoms with Crippen molar-refractivity contribution < 1.29 is 14.3 Å². The van der Waals surface area contributed by atoms with Crippen LogP contribution in [0.3, 0.4) is 0 Å². The van der Waals surface area contributed by atoms with Gasteiger partial charge in [-0.25, -0.2) is 0 Å². The fourth-order valence-electron chi connectivity index (χ4n) is 1.87. The second kappa shape index (κ2) is 8.91. The van der Waals surface area contributed by atoms with Gasteiger partial charge in [0.05, 0.1) is 7.11 Å². The van der Waals surface area contributed by atoms with Crippen molar-refractivity contribution >= 4 is 11.9 Å². The lowest BCUT2D eigenvalue weighted by Crippen LogP contribution is -2.33. The Kier molecular flexibility index (Phi) is 8.37. The molecule has 2 N–H and O–H groups in total. The largest absolute Gasteiger partial charge is 0.468 e. The molecule has 1 amide bonds. The average Bonchev–Trinajstić information content (AvgIpc) is 2.33. The number of rotatable bonds is 8. The van der Waals surface area contributed by atoms with Crippen molar-refractivity contribution in [3.63, 3.8) is 0 Å². The summed E-state index contributed by atoms with van der Waals surface area (Å²) in [5.41, 5.74) is 5.56. The number of hydrogen-bond acceptors (Lipinski definition) is 4. The summed E-state index contributed by atoms with van der Waals surface area (Å²) in [6, 6.07) is 0. The van der Waals surface area contributed by atoms with E-state index < -0.39 is 5.97 Å². The molecule has 0 rings (SSSR count). The van der Waals surface area contributed by atoms with Gasteiger partial charge >= 0.3 is 5.97 Å². The predicted molar refractivity (Wildman–Crippen MR) is 70.9 cm³/mol. The smallest absolute Gasteiger partial charge is 0.325 e. The Bertz CT molecular complexity index is 267. The van der Waals surface area contributed by atoms with Gasteiger partial charge in [-0.1, -0.05) is 13.8 Å². The Labute approximate surface area is 110 Å². The molecule has 1 atom stereocenters. The van der Waals surface area contributed by atoms with E-state index in [0.717, 1.165) is 12.8 Å². The van der Waals surface area contributed by atoms with Gasteiger partial charge in [0.15, 0.2) is 0 Å². The first-order valence-electron chi connectivity index (χ1n) is 6.43. The number of methoxy groups -OCH3 is 1. The molecule has 0 aliphatic rings. The van der Waals surface area contributed by atoms with Crippen LogP contribution >= 0.6 is 0 Å². The third-order valence-corrected chi connectivity index (χ3v) is 3.23. The second-order valence-corrected chi connectivity index (χ2v) is 4.95. The fourth-order valence-corrected chi connectivity index (χ4v) is 1.87. The lowest BCUT2D eigenvalue weighted by Gasteiger charge is -2.21. The summed E-state index contributed by atoms with van der Waals surface area (Å²) in [5, 5.41) is 0. The maximum absolute atomic E-state index is 11.8. The molecule has 0 aliphatic heterocycles. The zero-order chi connectivity index (χ0) is 14.1. The first-order valence-corrected chi connectivity index (χ1v) is 6.43. The monoisotopic (exact) mass is 258 g/mol. The molecular formula is C13H26N2O3. The Morgan fingerprint density at radius 3 is 2.33 bits per heavy atom. The molecule has 1 unspecified atom stereocenters. The van der Waals surface area contributed by atoms with Crippen LogP contribution in [0.4, 0.5) is 0 Å². The molecule has 0 radical (unpaired) electrons. The van der Waals surface area contributed by atoms with E-state index in [-0.39, 0.29) is 12.5 Å². The van der Waals surface area contributed by atoms with Gasteiger partial charge in [-0.05, 0) is 31.2 Å². The van der Waals surface area contributed by atoms with E-state index in [1.165, 1.54) is 12.0 Å². The Hall–Kier alpha value is -1.10. The van der Waals surface area contributed by atoms with E-state index in [4.69, 9.17) is 5.73 Å². The van der Waals surface area contributed by atoms with Crippen molar-refractivity contribution in [2.24, 2.45) is 17.6 Å². The van der Waals surface area contributed by atoms with Gasteiger partial charge in [0.25, 0.3) is 0 Å². The number of hydrogen-bond donors (Lipinski definition) is 1. The summed E-state index contributed by atoms with van der Waals surface area (Å²) in [4.78, 5) is 24.3. The van der Waals surface area contributed by atoms with Crippen molar-refractivity contribution in [2.75, 3.05) is 27.2 Å². The number of nitrogens with two attached hydrogens (primary N) is 1. The molecule has 0 aromatic heterocycles. The zero-order valence-electron chi connectivity index (χ0n) is 11.9. The van der Waals surface area contributed by atoms with Crippen LogP contribution in [0.1, 0.15) is 33.1 Å². The summed E-state index contributed by atoms with van der Waals surface area (Å²) in [7, 11) is 2.93. The van der Waals surface area contributed by atoms with Gasteiger partial charge in [0.1, 0.15) is 6.54 Å². The molecule has 0 saturated carbocycles. The molecule has 0 heterocycles. The van der Waals surface area contributed by atoms with E-state index in [1.54, 1.807) is 7.05 Å². The second-order valence-electron chi connectivity index (χ2n) is 4.95. The molecule has 18 heavy (non-hydrogen) atoms. The lowest BCUT2D eigenvalue weighted by atomic mass is 9.88. The minimum atomic E-state index is -0.395. The Morgan fingerprint density at radius 2 is 1.89 bits per heavy atom. The topological polar surface area (TPSA) is 72.6 Å². The van der Waals surface area contributed by atoms with E-state index in [0.29, 0.717) is 24.8 Å². The van der Waals surface area contributed by atoms with Gasteiger partial charge in [-0.3, -0.25) is 9.59 Å². The number of amides is 1. The van der Waals surface area contributed by atoms with Gasteiger partial charge in [-0.15, -0.1) is 0 Å². The highest BCUT2D eigenvalue weighted by molar-refractivity contribution is 5.81. The molecule has 5 nitrogen and oxygen atoms in total. The Balaban J connectivity index is 4.10. The standard InChI is InChI=1S/C13H26N2O3/c1-10(2)11(7-8-14)5-6-12(16)15(3)9-13(17)18-4/h10-11H,5-9,14H2,1-4H3. The number of esters is 1. The van der Waals surface area contributed by atoms with E-state index in [2.05, 4.69) is 18.6 Å². The molecule has 0 aliphatic carbocycles. The van der Waals surface area contributed by atoms with E-state index in [9.17, 15) is 9.59 Å². The first kappa shape index (κ1) is 16.9. The average molecular weight is 258 g/mol. The van der Waals surface area contributed by atoms with Gasteiger partial charge in [0, 0.05) is 13.5 Å². The SMILES string of the molecule is COC(=O)CN(C)C(=O)CCC(CCN)C(C)C. The van der Waals surface area contributed by atoms with Crippen molar-refractivity contribution in [3.8, 4) is 0 Å². The van der Waals surface area contributed by atoms with E-state index >= 15 is 0 Å². The van der Waals surface area contributed by atoms with Crippen molar-refractivity contribution in [1.29, 1.82) is 0 Å². The van der Waals surface area contributed by atoms with Crippen LogP contribution in [0.15, 0.2) is 0 Å². The molecule has 0 spiro atoms. The highest BCUT2D eigenvalue weighted by Crippen LogP contribution is 2.20. The number of nitrogens with zero attached hydrogens (tertiary/aromatic N) is 1. The third kappa shape index (κ3) is 6.59. The van der Waals surface area contributed by atoms with Crippen LogP contribution in [0.2, 0.25) is 0 Å². The highest BCUT2D eigenvalue weighted by atomic mass is 16.5. The van der Waals surface area contributed by atoms with Crippen LogP contribution in [0.5, 0.6) is 0 Å². The highest BCUT2D eigenvalue weighted by Gasteiger charge is 2.17. The molecule has 0 saturated heterocycles. The van der Waals surface area contributed by atoms with Crippen LogP contribution < -0.4 is 5.73 Å². The fraction of sp³-hybridized carbons (Fsp3) is 0.846. The maximum Gasteiger partial charge on any atom is 0.325 e. The zero-order valence-corrected chi connectivity index (χ0v) is 11.9. The van der Waals surface area contributed by atoms with Crippen molar-refractivity contribution in [3.05, 3.63) is 0 Å². The number of ether oxygens (including phenoxy) is 1. The Morgan fingerprint density at radius 1 is 1.28 bits per heavy atom. The summed E-state index contributed by atoms with van der Waals surface area (Å²) < 4.78 is 4.52. The molecule has 106 valence electrons. The molecular weight excluding hydrogens is 232 g/mol. The maximum atomic E-state index is 11.8.